The van der Waals surface area contributed by atoms with Crippen LogP contribution in [-0.2, 0) is 4.79 Å². The third-order valence-corrected chi connectivity index (χ3v) is 3.82. The molecule has 0 amide bonds. The summed E-state index contributed by atoms with van der Waals surface area (Å²) >= 11 is 0. The molecule has 0 saturated heterocycles. The average molecular weight is 192 g/mol. The highest BCUT2D eigenvalue weighted by Crippen LogP contribution is 2.37. The van der Waals surface area contributed by atoms with Crippen molar-refractivity contribution >= 4 is 5.78 Å². The summed E-state index contributed by atoms with van der Waals surface area (Å²) in [6.45, 7) is 1.76. The first-order valence-electron chi connectivity index (χ1n) is 5.97. The molecular formula is C13H20O. The largest absolute Gasteiger partial charge is 0.300 e. The topological polar surface area (TPSA) is 17.1 Å². The summed E-state index contributed by atoms with van der Waals surface area (Å²) in [5.41, 5.74) is 3.36. The predicted molar refractivity (Wildman–Crippen MR) is 58.1 cm³/mol. The van der Waals surface area contributed by atoms with Gasteiger partial charge in [-0.3, -0.25) is 4.79 Å². The molecule has 0 radical (unpaired) electrons. The minimum Gasteiger partial charge on any atom is -0.300 e. The standard InChI is InChI=1S/C13H20O/c1-10(14)12-8-7-11-5-3-2-4-6-13(11)9-12/h12H,2-9H2,1H3. The normalized spacial score (nSPS) is 28.2. The van der Waals surface area contributed by atoms with Gasteiger partial charge >= 0.3 is 0 Å². The second-order valence-electron chi connectivity index (χ2n) is 4.82. The zero-order valence-corrected chi connectivity index (χ0v) is 9.14. The van der Waals surface area contributed by atoms with Crippen LogP contribution in [0.5, 0.6) is 0 Å². The van der Waals surface area contributed by atoms with Gasteiger partial charge in [0.05, 0.1) is 0 Å². The van der Waals surface area contributed by atoms with Crippen molar-refractivity contribution in [1.82, 2.24) is 0 Å². The Morgan fingerprint density at radius 2 is 1.79 bits per heavy atom. The summed E-state index contributed by atoms with van der Waals surface area (Å²) in [7, 11) is 0. The molecule has 2 aliphatic rings. The van der Waals surface area contributed by atoms with Crippen molar-refractivity contribution in [3.63, 3.8) is 0 Å². The summed E-state index contributed by atoms with van der Waals surface area (Å²) in [4.78, 5) is 11.3. The van der Waals surface area contributed by atoms with E-state index in [1.54, 1.807) is 18.1 Å². The first-order valence-corrected chi connectivity index (χ1v) is 5.97. The van der Waals surface area contributed by atoms with Crippen LogP contribution in [0.25, 0.3) is 0 Å². The molecular weight excluding hydrogens is 172 g/mol. The van der Waals surface area contributed by atoms with Gasteiger partial charge in [-0.15, -0.1) is 0 Å². The fraction of sp³-hybridized carbons (Fsp3) is 0.769. The van der Waals surface area contributed by atoms with Crippen LogP contribution in [0.1, 0.15) is 58.3 Å². The highest BCUT2D eigenvalue weighted by molar-refractivity contribution is 5.78. The Balaban J connectivity index is 2.08. The Morgan fingerprint density at radius 3 is 2.50 bits per heavy atom. The van der Waals surface area contributed by atoms with Crippen molar-refractivity contribution in [2.24, 2.45) is 5.92 Å². The first kappa shape index (κ1) is 9.95. The molecule has 0 N–H and O–H groups in total. The maximum Gasteiger partial charge on any atom is 0.133 e. The van der Waals surface area contributed by atoms with E-state index in [9.17, 15) is 4.79 Å². The molecule has 1 heteroatoms. The predicted octanol–water partition coefficient (Wildman–Crippen LogP) is 3.64. The number of carbonyl (C=O) groups excluding carboxylic acids is 1. The zero-order valence-electron chi connectivity index (χ0n) is 9.14. The van der Waals surface area contributed by atoms with Gasteiger partial charge < -0.3 is 0 Å². The molecule has 2 aliphatic carbocycles. The molecule has 0 fully saturated rings. The van der Waals surface area contributed by atoms with Crippen molar-refractivity contribution in [3.8, 4) is 0 Å². The Bertz CT molecular complexity index is 262. The SMILES string of the molecule is CC(=O)C1CCC2=C(CCCCC2)C1. The van der Waals surface area contributed by atoms with Gasteiger partial charge in [0.1, 0.15) is 5.78 Å². The van der Waals surface area contributed by atoms with Gasteiger partial charge in [0.25, 0.3) is 0 Å². The number of rotatable bonds is 1. The third-order valence-electron chi connectivity index (χ3n) is 3.82. The number of hydrogen-bond donors (Lipinski definition) is 0. The molecule has 0 aromatic rings. The minimum atomic E-state index is 0.354. The van der Waals surface area contributed by atoms with Gasteiger partial charge in [0.2, 0.25) is 0 Å². The van der Waals surface area contributed by atoms with Crippen LogP contribution >= 0.6 is 0 Å². The fourth-order valence-corrected chi connectivity index (χ4v) is 2.85. The van der Waals surface area contributed by atoms with Gasteiger partial charge in [0, 0.05) is 5.92 Å². The van der Waals surface area contributed by atoms with E-state index < -0.39 is 0 Å². The first-order chi connectivity index (χ1) is 6.77. The van der Waals surface area contributed by atoms with E-state index in [0.717, 1.165) is 12.8 Å². The summed E-state index contributed by atoms with van der Waals surface area (Å²) in [6.07, 6.45) is 10.1. The van der Waals surface area contributed by atoms with Crippen LogP contribution in [0.15, 0.2) is 11.1 Å². The van der Waals surface area contributed by atoms with Gasteiger partial charge in [-0.2, -0.15) is 0 Å². The van der Waals surface area contributed by atoms with E-state index in [-0.39, 0.29) is 0 Å². The van der Waals surface area contributed by atoms with E-state index >= 15 is 0 Å². The van der Waals surface area contributed by atoms with E-state index in [0.29, 0.717) is 11.7 Å². The third kappa shape index (κ3) is 2.08. The second-order valence-corrected chi connectivity index (χ2v) is 4.82. The fourth-order valence-electron chi connectivity index (χ4n) is 2.85. The Morgan fingerprint density at radius 1 is 1.07 bits per heavy atom. The van der Waals surface area contributed by atoms with E-state index in [2.05, 4.69) is 0 Å². The molecule has 2 rings (SSSR count). The van der Waals surface area contributed by atoms with E-state index in [1.807, 2.05) is 0 Å². The molecule has 1 atom stereocenters. The molecule has 1 unspecified atom stereocenters. The van der Waals surface area contributed by atoms with Gasteiger partial charge in [-0.1, -0.05) is 17.6 Å². The maximum atomic E-state index is 11.3. The molecule has 0 aromatic heterocycles. The molecule has 0 aliphatic heterocycles. The van der Waals surface area contributed by atoms with E-state index in [4.69, 9.17) is 0 Å². The summed E-state index contributed by atoms with van der Waals surface area (Å²) in [5, 5.41) is 0. The monoisotopic (exact) mass is 192 g/mol. The van der Waals surface area contributed by atoms with Crippen LogP contribution in [0.3, 0.4) is 0 Å². The van der Waals surface area contributed by atoms with Crippen LogP contribution in [0, 0.1) is 5.92 Å². The van der Waals surface area contributed by atoms with Crippen LogP contribution in [0.2, 0.25) is 0 Å². The number of carbonyl (C=O) groups is 1. The minimum absolute atomic E-state index is 0.354. The molecule has 14 heavy (non-hydrogen) atoms. The number of ketones is 1. The Hall–Kier alpha value is -0.590. The second kappa shape index (κ2) is 4.29. The molecule has 0 saturated carbocycles. The van der Waals surface area contributed by atoms with Crippen molar-refractivity contribution in [2.45, 2.75) is 58.3 Å². The Kier molecular flexibility index (Phi) is 3.05. The van der Waals surface area contributed by atoms with Crippen molar-refractivity contribution in [3.05, 3.63) is 11.1 Å². The highest BCUT2D eigenvalue weighted by Gasteiger charge is 2.24. The van der Waals surface area contributed by atoms with Gasteiger partial charge in [-0.05, 0) is 51.9 Å². The van der Waals surface area contributed by atoms with Crippen molar-refractivity contribution in [2.75, 3.05) is 0 Å². The van der Waals surface area contributed by atoms with Crippen molar-refractivity contribution < 1.29 is 4.79 Å². The van der Waals surface area contributed by atoms with Crippen molar-refractivity contribution in [1.29, 1.82) is 0 Å². The van der Waals surface area contributed by atoms with E-state index in [1.165, 1.54) is 38.5 Å². The lowest BCUT2D eigenvalue weighted by molar-refractivity contribution is -0.121. The number of allylic oxidation sites excluding steroid dienone is 2. The summed E-state index contributed by atoms with van der Waals surface area (Å²) < 4.78 is 0. The number of hydrogen-bond acceptors (Lipinski definition) is 1. The lowest BCUT2D eigenvalue weighted by atomic mass is 9.80. The van der Waals surface area contributed by atoms with Crippen LogP contribution < -0.4 is 0 Å². The summed E-state index contributed by atoms with van der Waals surface area (Å²) in [5.74, 6) is 0.757. The molecule has 1 nitrogen and oxygen atoms in total. The molecule has 0 spiro atoms. The molecule has 0 aromatic carbocycles. The molecule has 0 bridgehead atoms. The number of Topliss-reactive ketones (excluding diaryl/α,β-unsaturated/α-hetero) is 1. The zero-order chi connectivity index (χ0) is 9.97. The average Bonchev–Trinajstić information content (AvgIpc) is 2.41. The summed E-state index contributed by atoms with van der Waals surface area (Å²) in [6, 6.07) is 0. The maximum absolute atomic E-state index is 11.3. The lowest BCUT2D eigenvalue weighted by Gasteiger charge is -2.24. The van der Waals surface area contributed by atoms with Crippen LogP contribution in [-0.4, -0.2) is 5.78 Å². The smallest absolute Gasteiger partial charge is 0.133 e. The molecule has 0 heterocycles. The van der Waals surface area contributed by atoms with Gasteiger partial charge in [-0.25, -0.2) is 0 Å². The lowest BCUT2D eigenvalue weighted by Crippen LogP contribution is -2.17. The molecule has 78 valence electrons. The highest BCUT2D eigenvalue weighted by atomic mass is 16.1. The van der Waals surface area contributed by atoms with Gasteiger partial charge in [0.15, 0.2) is 0 Å². The Labute approximate surface area is 86.6 Å². The van der Waals surface area contributed by atoms with Crippen LogP contribution in [0.4, 0.5) is 0 Å². The quantitative estimate of drug-likeness (QED) is 0.580.